The van der Waals surface area contributed by atoms with Gasteiger partial charge in [-0.2, -0.15) is 5.26 Å². The monoisotopic (exact) mass is 467 g/mol. The van der Waals surface area contributed by atoms with Crippen molar-refractivity contribution in [1.82, 2.24) is 9.97 Å². The van der Waals surface area contributed by atoms with E-state index in [1.165, 1.54) is 4.88 Å². The number of H-pyrrole nitrogens is 1. The van der Waals surface area contributed by atoms with Crippen molar-refractivity contribution in [3.05, 3.63) is 72.8 Å². The summed E-state index contributed by atoms with van der Waals surface area (Å²) < 4.78 is 5.86. The van der Waals surface area contributed by atoms with Gasteiger partial charge in [0, 0.05) is 16.5 Å². The molecule has 1 aliphatic rings. The number of halogens is 2. The first-order valence-electron chi connectivity index (χ1n) is 9.75. The highest BCUT2D eigenvalue weighted by Crippen LogP contribution is 2.34. The number of allylic oxidation sites excluding steroid dienone is 1. The predicted octanol–water partition coefficient (Wildman–Crippen LogP) is 6.49. The van der Waals surface area contributed by atoms with E-state index in [1.807, 2.05) is 0 Å². The fourth-order valence-electron chi connectivity index (χ4n) is 3.82. The summed E-state index contributed by atoms with van der Waals surface area (Å²) in [5.74, 6) is 1.29. The smallest absolute Gasteiger partial charge is 0.260 e. The predicted molar refractivity (Wildman–Crippen MR) is 125 cm³/mol. The number of nitrogens with one attached hydrogen (secondary N) is 1. The number of aromatic nitrogens is 2. The summed E-state index contributed by atoms with van der Waals surface area (Å²) in [5.41, 5.74) is 1.91. The first kappa shape index (κ1) is 20.1. The van der Waals surface area contributed by atoms with Crippen molar-refractivity contribution in [2.24, 2.45) is 0 Å². The fraction of sp³-hybridized carbons (Fsp3) is 0.174. The Morgan fingerprint density at radius 1 is 1.19 bits per heavy atom. The number of fused-ring (bicyclic) bond motifs is 3. The fourth-order valence-corrected chi connectivity index (χ4v) is 5.38. The molecule has 0 fully saturated rings. The quantitative estimate of drug-likeness (QED) is 0.348. The third-order valence-corrected chi connectivity index (χ3v) is 7.24. The summed E-state index contributed by atoms with van der Waals surface area (Å²) in [6.07, 6.45) is 5.68. The van der Waals surface area contributed by atoms with E-state index < -0.39 is 0 Å². The molecule has 31 heavy (non-hydrogen) atoms. The number of aryl methyl sites for hydroxylation is 2. The van der Waals surface area contributed by atoms with Gasteiger partial charge in [-0.1, -0.05) is 23.2 Å². The molecule has 8 heteroatoms. The van der Waals surface area contributed by atoms with Crippen LogP contribution in [-0.4, -0.2) is 9.97 Å². The summed E-state index contributed by atoms with van der Waals surface area (Å²) in [6.45, 7) is 0. The van der Waals surface area contributed by atoms with Gasteiger partial charge in [-0.05, 0) is 61.6 Å². The van der Waals surface area contributed by atoms with E-state index in [0.29, 0.717) is 31.8 Å². The molecule has 1 aromatic carbocycles. The molecule has 0 spiro atoms. The molecule has 0 radical (unpaired) electrons. The Morgan fingerprint density at radius 3 is 2.84 bits per heavy atom. The van der Waals surface area contributed by atoms with Gasteiger partial charge in [0.1, 0.15) is 22.4 Å². The van der Waals surface area contributed by atoms with Gasteiger partial charge < -0.3 is 9.40 Å². The van der Waals surface area contributed by atoms with E-state index in [2.05, 4.69) is 16.0 Å². The Kier molecular flexibility index (Phi) is 5.19. The molecule has 5 rings (SSSR count). The molecule has 1 N–H and O–H groups in total. The molecule has 3 aromatic heterocycles. The second-order valence-corrected chi connectivity index (χ2v) is 9.20. The summed E-state index contributed by atoms with van der Waals surface area (Å²) in [7, 11) is 0. The van der Waals surface area contributed by atoms with E-state index in [4.69, 9.17) is 27.6 Å². The van der Waals surface area contributed by atoms with Crippen molar-refractivity contribution in [2.75, 3.05) is 0 Å². The summed E-state index contributed by atoms with van der Waals surface area (Å²) in [5, 5.41) is 11.3. The lowest BCUT2D eigenvalue weighted by Crippen LogP contribution is -2.12. The van der Waals surface area contributed by atoms with Crippen molar-refractivity contribution >= 4 is 56.4 Å². The van der Waals surface area contributed by atoms with Crippen LogP contribution in [0.1, 0.15) is 34.9 Å². The number of aromatic amines is 1. The second-order valence-electron chi connectivity index (χ2n) is 7.31. The highest BCUT2D eigenvalue weighted by molar-refractivity contribution is 7.18. The minimum absolute atomic E-state index is 0.198. The highest BCUT2D eigenvalue weighted by atomic mass is 35.5. The molecule has 3 heterocycles. The summed E-state index contributed by atoms with van der Waals surface area (Å²) in [4.78, 5) is 22.1. The number of rotatable bonds is 3. The number of benzene rings is 1. The Bertz CT molecular complexity index is 1460. The van der Waals surface area contributed by atoms with Crippen LogP contribution in [0.5, 0.6) is 0 Å². The number of thiophene rings is 1. The molecular formula is C23H15Cl2N3O2S. The molecule has 1 aliphatic carbocycles. The van der Waals surface area contributed by atoms with Crippen LogP contribution in [0.15, 0.2) is 39.5 Å². The third-order valence-electron chi connectivity index (χ3n) is 5.32. The van der Waals surface area contributed by atoms with E-state index in [0.717, 1.165) is 36.8 Å². The van der Waals surface area contributed by atoms with Gasteiger partial charge >= 0.3 is 0 Å². The van der Waals surface area contributed by atoms with Crippen molar-refractivity contribution in [3.63, 3.8) is 0 Å². The van der Waals surface area contributed by atoms with Crippen LogP contribution in [0, 0.1) is 11.3 Å². The molecule has 0 aliphatic heterocycles. The SMILES string of the molecule is N#C/C(=C\c1ccc(-c2ccc(Cl)c(Cl)c2)o1)c1nc2sc3c(c2c(=O)[nH]1)CCCC3. The van der Waals surface area contributed by atoms with E-state index in [-0.39, 0.29) is 17.0 Å². The molecule has 4 aromatic rings. The number of nitrogens with zero attached hydrogens (tertiary/aromatic N) is 2. The van der Waals surface area contributed by atoms with Gasteiger partial charge in [0.2, 0.25) is 0 Å². The van der Waals surface area contributed by atoms with Crippen LogP contribution in [-0.2, 0) is 12.8 Å². The van der Waals surface area contributed by atoms with Crippen molar-refractivity contribution in [3.8, 4) is 17.4 Å². The molecule has 0 saturated carbocycles. The topological polar surface area (TPSA) is 82.7 Å². The van der Waals surface area contributed by atoms with Crippen molar-refractivity contribution in [1.29, 1.82) is 5.26 Å². The van der Waals surface area contributed by atoms with Crippen molar-refractivity contribution in [2.45, 2.75) is 25.7 Å². The lowest BCUT2D eigenvalue weighted by molar-refractivity contribution is 0.572. The largest absolute Gasteiger partial charge is 0.457 e. The number of hydrogen-bond acceptors (Lipinski definition) is 5. The van der Waals surface area contributed by atoms with Crippen LogP contribution in [0.3, 0.4) is 0 Å². The van der Waals surface area contributed by atoms with Gasteiger partial charge in [0.25, 0.3) is 5.56 Å². The Labute approximate surface area is 191 Å². The maximum Gasteiger partial charge on any atom is 0.260 e. The lowest BCUT2D eigenvalue weighted by atomic mass is 9.97. The van der Waals surface area contributed by atoms with E-state index in [1.54, 1.807) is 47.7 Å². The molecule has 0 amide bonds. The molecule has 0 saturated heterocycles. The first-order chi connectivity index (χ1) is 15.0. The van der Waals surface area contributed by atoms with Gasteiger partial charge in [-0.15, -0.1) is 11.3 Å². The minimum Gasteiger partial charge on any atom is -0.457 e. The number of nitriles is 1. The maximum atomic E-state index is 12.8. The standard InChI is InChI=1S/C23H15Cl2N3O2S/c24-16-7-5-12(10-17(16)25)18-8-6-14(30-18)9-13(11-26)21-27-22(29)20-15-3-1-2-4-19(15)31-23(20)28-21/h5-10H,1-4H2,(H,27,28,29)/b13-9+. The van der Waals surface area contributed by atoms with Gasteiger partial charge in [-0.3, -0.25) is 4.79 Å². The van der Waals surface area contributed by atoms with Gasteiger partial charge in [-0.25, -0.2) is 4.98 Å². The number of hydrogen-bond donors (Lipinski definition) is 1. The zero-order valence-electron chi connectivity index (χ0n) is 16.2. The Balaban J connectivity index is 1.53. The van der Waals surface area contributed by atoms with Crippen LogP contribution >= 0.6 is 34.5 Å². The molecule has 154 valence electrons. The average molecular weight is 468 g/mol. The van der Waals surface area contributed by atoms with Crippen molar-refractivity contribution < 1.29 is 4.42 Å². The van der Waals surface area contributed by atoms with Gasteiger partial charge in [0.15, 0.2) is 5.82 Å². The Morgan fingerprint density at radius 2 is 2.03 bits per heavy atom. The molecule has 5 nitrogen and oxygen atoms in total. The average Bonchev–Trinajstić information content (AvgIpc) is 3.38. The maximum absolute atomic E-state index is 12.8. The molecule has 0 unspecified atom stereocenters. The molecule has 0 bridgehead atoms. The molecule has 0 atom stereocenters. The highest BCUT2D eigenvalue weighted by Gasteiger charge is 2.20. The number of furan rings is 1. The Hall–Kier alpha value is -2.85. The lowest BCUT2D eigenvalue weighted by Gasteiger charge is -2.09. The molecular weight excluding hydrogens is 453 g/mol. The van der Waals surface area contributed by atoms with Crippen LogP contribution in [0.2, 0.25) is 10.0 Å². The van der Waals surface area contributed by atoms with Crippen LogP contribution < -0.4 is 5.56 Å². The zero-order chi connectivity index (χ0) is 21.5. The zero-order valence-corrected chi connectivity index (χ0v) is 18.5. The first-order valence-corrected chi connectivity index (χ1v) is 11.3. The van der Waals surface area contributed by atoms with Crippen LogP contribution in [0.4, 0.5) is 0 Å². The van der Waals surface area contributed by atoms with Gasteiger partial charge in [0.05, 0.1) is 21.0 Å². The minimum atomic E-state index is -0.198. The third kappa shape index (κ3) is 3.70. The summed E-state index contributed by atoms with van der Waals surface area (Å²) in [6, 6.07) is 10.9. The second kappa shape index (κ2) is 8.01. The van der Waals surface area contributed by atoms with Crippen LogP contribution in [0.25, 0.3) is 33.2 Å². The van der Waals surface area contributed by atoms with E-state index in [9.17, 15) is 10.1 Å². The normalized spacial score (nSPS) is 13.9. The van der Waals surface area contributed by atoms with E-state index >= 15 is 0 Å². The summed E-state index contributed by atoms with van der Waals surface area (Å²) >= 11 is 13.6.